The molecule has 21 heavy (non-hydrogen) atoms. The van der Waals surface area contributed by atoms with Crippen LogP contribution < -0.4 is 0 Å². The number of aromatic nitrogens is 2. The van der Waals surface area contributed by atoms with Gasteiger partial charge in [0.1, 0.15) is 0 Å². The summed E-state index contributed by atoms with van der Waals surface area (Å²) in [5, 5.41) is 0.881. The number of benzene rings is 1. The third kappa shape index (κ3) is 2.23. The molecule has 0 bridgehead atoms. The van der Waals surface area contributed by atoms with Crippen molar-refractivity contribution in [1.82, 2.24) is 8.96 Å². The summed E-state index contributed by atoms with van der Waals surface area (Å²) in [7, 11) is -3.62. The Bertz CT molecular complexity index is 881. The van der Waals surface area contributed by atoms with Crippen molar-refractivity contribution in [1.29, 1.82) is 0 Å². The topological polar surface area (TPSA) is 52.0 Å². The maximum Gasteiger partial charge on any atom is 0.269 e. The molecule has 1 aromatic carbocycles. The van der Waals surface area contributed by atoms with Crippen LogP contribution in [0.1, 0.15) is 25.3 Å². The van der Waals surface area contributed by atoms with E-state index < -0.39 is 10.0 Å². The highest BCUT2D eigenvalue weighted by Gasteiger charge is 2.22. The minimum absolute atomic E-state index is 0.226. The predicted molar refractivity (Wildman–Crippen MR) is 82.8 cm³/mol. The molecule has 3 rings (SSSR count). The maximum absolute atomic E-state index is 12.8. The van der Waals surface area contributed by atoms with Crippen LogP contribution in [-0.2, 0) is 10.0 Å². The van der Waals surface area contributed by atoms with Crippen LogP contribution in [0.3, 0.4) is 0 Å². The van der Waals surface area contributed by atoms with Crippen molar-refractivity contribution in [3.05, 3.63) is 60.4 Å². The lowest BCUT2D eigenvalue weighted by molar-refractivity contribution is 0.588. The van der Waals surface area contributed by atoms with Crippen molar-refractivity contribution >= 4 is 21.1 Å². The van der Waals surface area contributed by atoms with Gasteiger partial charge < -0.3 is 0 Å². The van der Waals surface area contributed by atoms with Gasteiger partial charge in [-0.15, -0.1) is 0 Å². The molecule has 0 aliphatic heterocycles. The molecule has 108 valence electrons. The molecule has 0 radical (unpaired) electrons. The summed E-state index contributed by atoms with van der Waals surface area (Å²) >= 11 is 0. The SMILES string of the molecule is CC(C)c1cn(S(=O)(=O)c2ccccc2)c2ncccc12. The number of rotatable bonds is 3. The second-order valence-electron chi connectivity index (χ2n) is 5.23. The quantitative estimate of drug-likeness (QED) is 0.745. The van der Waals surface area contributed by atoms with E-state index >= 15 is 0 Å². The van der Waals surface area contributed by atoms with Gasteiger partial charge in [-0.2, -0.15) is 0 Å². The first kappa shape index (κ1) is 13.8. The maximum atomic E-state index is 12.8. The summed E-state index contributed by atoms with van der Waals surface area (Å²) in [5.41, 5.74) is 1.46. The van der Waals surface area contributed by atoms with Gasteiger partial charge in [0.25, 0.3) is 10.0 Å². The first-order valence-corrected chi connectivity index (χ1v) is 8.22. The molecule has 0 atom stereocenters. The van der Waals surface area contributed by atoms with Crippen LogP contribution in [-0.4, -0.2) is 17.4 Å². The highest BCUT2D eigenvalue weighted by molar-refractivity contribution is 7.90. The fourth-order valence-electron chi connectivity index (χ4n) is 2.40. The number of hydrogen-bond acceptors (Lipinski definition) is 3. The van der Waals surface area contributed by atoms with E-state index in [4.69, 9.17) is 0 Å². The molecular formula is C16H16N2O2S. The van der Waals surface area contributed by atoms with E-state index in [9.17, 15) is 8.42 Å². The van der Waals surface area contributed by atoms with Gasteiger partial charge >= 0.3 is 0 Å². The lowest BCUT2D eigenvalue weighted by atomic mass is 10.0. The summed E-state index contributed by atoms with van der Waals surface area (Å²) in [4.78, 5) is 4.53. The molecule has 0 saturated carbocycles. The van der Waals surface area contributed by atoms with E-state index in [0.717, 1.165) is 10.9 Å². The van der Waals surface area contributed by atoms with Gasteiger partial charge in [0.2, 0.25) is 0 Å². The number of pyridine rings is 1. The van der Waals surface area contributed by atoms with Crippen LogP contribution in [0.5, 0.6) is 0 Å². The lowest BCUT2D eigenvalue weighted by Gasteiger charge is -2.06. The van der Waals surface area contributed by atoms with Crippen LogP contribution in [0.4, 0.5) is 0 Å². The average molecular weight is 300 g/mol. The van der Waals surface area contributed by atoms with E-state index in [1.807, 2.05) is 26.0 Å². The Labute approximate surface area is 124 Å². The number of hydrogen-bond donors (Lipinski definition) is 0. The van der Waals surface area contributed by atoms with E-state index in [2.05, 4.69) is 4.98 Å². The third-order valence-electron chi connectivity index (χ3n) is 3.48. The zero-order valence-electron chi connectivity index (χ0n) is 11.9. The zero-order chi connectivity index (χ0) is 15.0. The monoisotopic (exact) mass is 300 g/mol. The minimum atomic E-state index is -3.62. The van der Waals surface area contributed by atoms with Gasteiger partial charge in [-0.1, -0.05) is 32.0 Å². The molecule has 0 aliphatic rings. The van der Waals surface area contributed by atoms with Crippen molar-refractivity contribution in [2.75, 3.05) is 0 Å². The van der Waals surface area contributed by atoms with E-state index in [1.165, 1.54) is 3.97 Å². The number of fused-ring (bicyclic) bond motifs is 1. The molecule has 5 heteroatoms. The molecule has 0 spiro atoms. The van der Waals surface area contributed by atoms with Gasteiger partial charge in [0, 0.05) is 17.8 Å². The van der Waals surface area contributed by atoms with Crippen molar-refractivity contribution in [3.63, 3.8) is 0 Å². The Morgan fingerprint density at radius 1 is 1.05 bits per heavy atom. The molecule has 0 fully saturated rings. The van der Waals surface area contributed by atoms with Crippen molar-refractivity contribution in [3.8, 4) is 0 Å². The molecule has 4 nitrogen and oxygen atoms in total. The molecule has 0 aliphatic carbocycles. The normalized spacial score (nSPS) is 12.1. The van der Waals surface area contributed by atoms with Crippen molar-refractivity contribution in [2.24, 2.45) is 0 Å². The van der Waals surface area contributed by atoms with Crippen LogP contribution in [0, 0.1) is 0 Å². The average Bonchev–Trinajstić information content (AvgIpc) is 2.88. The highest BCUT2D eigenvalue weighted by atomic mass is 32.2. The van der Waals surface area contributed by atoms with E-state index in [-0.39, 0.29) is 10.8 Å². The fraction of sp³-hybridized carbons (Fsp3) is 0.188. The smallest absolute Gasteiger partial charge is 0.237 e. The first-order chi connectivity index (χ1) is 10.0. The van der Waals surface area contributed by atoms with Crippen LogP contribution >= 0.6 is 0 Å². The summed E-state index contributed by atoms with van der Waals surface area (Å²) in [6, 6.07) is 12.2. The predicted octanol–water partition coefficient (Wildman–Crippen LogP) is 3.40. The van der Waals surface area contributed by atoms with Crippen LogP contribution in [0.2, 0.25) is 0 Å². The highest BCUT2D eigenvalue weighted by Crippen LogP contribution is 2.28. The Morgan fingerprint density at radius 2 is 1.76 bits per heavy atom. The molecule has 0 N–H and O–H groups in total. The Hall–Kier alpha value is -2.14. The number of nitrogens with zero attached hydrogens (tertiary/aromatic N) is 2. The summed E-state index contributed by atoms with van der Waals surface area (Å²) < 4.78 is 26.9. The van der Waals surface area contributed by atoms with Crippen LogP contribution in [0.15, 0.2) is 59.8 Å². The Kier molecular flexibility index (Phi) is 3.29. The van der Waals surface area contributed by atoms with Gasteiger partial charge in [-0.3, -0.25) is 0 Å². The lowest BCUT2D eigenvalue weighted by Crippen LogP contribution is -2.12. The zero-order valence-corrected chi connectivity index (χ0v) is 12.7. The van der Waals surface area contributed by atoms with Gasteiger partial charge in [-0.05, 0) is 35.7 Å². The molecule has 2 aromatic heterocycles. The molecular weight excluding hydrogens is 284 g/mol. The minimum Gasteiger partial charge on any atom is -0.237 e. The van der Waals surface area contributed by atoms with E-state index in [1.54, 1.807) is 42.7 Å². The molecule has 0 saturated heterocycles. The largest absolute Gasteiger partial charge is 0.269 e. The van der Waals surface area contributed by atoms with Gasteiger partial charge in [-0.25, -0.2) is 17.4 Å². The second kappa shape index (κ2) is 5.00. The summed E-state index contributed by atoms with van der Waals surface area (Å²) in [5.74, 6) is 0.226. The standard InChI is InChI=1S/C16H16N2O2S/c1-12(2)15-11-18(16-14(15)9-6-10-17-16)21(19,20)13-7-4-3-5-8-13/h3-12H,1-2H3. The van der Waals surface area contributed by atoms with E-state index in [0.29, 0.717) is 5.65 Å². The second-order valence-corrected chi connectivity index (χ2v) is 7.04. The molecule has 0 unspecified atom stereocenters. The molecule has 3 aromatic rings. The van der Waals surface area contributed by atoms with Gasteiger partial charge in [0.05, 0.1) is 4.90 Å². The first-order valence-electron chi connectivity index (χ1n) is 6.78. The van der Waals surface area contributed by atoms with Crippen molar-refractivity contribution in [2.45, 2.75) is 24.7 Å². The molecule has 2 heterocycles. The fourth-order valence-corrected chi connectivity index (χ4v) is 3.76. The third-order valence-corrected chi connectivity index (χ3v) is 5.15. The molecule has 0 amide bonds. The van der Waals surface area contributed by atoms with Crippen molar-refractivity contribution < 1.29 is 8.42 Å². The van der Waals surface area contributed by atoms with Crippen LogP contribution in [0.25, 0.3) is 11.0 Å². The summed E-state index contributed by atoms with van der Waals surface area (Å²) in [6.07, 6.45) is 3.30. The Morgan fingerprint density at radius 3 is 2.43 bits per heavy atom. The van der Waals surface area contributed by atoms with Gasteiger partial charge in [0.15, 0.2) is 5.65 Å². The summed E-state index contributed by atoms with van der Waals surface area (Å²) in [6.45, 7) is 4.09. The Balaban J connectivity index is 2.31.